The van der Waals surface area contributed by atoms with Gasteiger partial charge in [0, 0.05) is 35.5 Å². The first-order chi connectivity index (χ1) is 13.7. The maximum atomic E-state index is 13.0. The van der Waals surface area contributed by atoms with E-state index >= 15 is 0 Å². The summed E-state index contributed by atoms with van der Waals surface area (Å²) < 4.78 is 5.27. The van der Waals surface area contributed by atoms with Gasteiger partial charge in [0.05, 0.1) is 30.4 Å². The molecule has 0 aliphatic heterocycles. The number of para-hydroxylation sites is 1. The summed E-state index contributed by atoms with van der Waals surface area (Å²) >= 11 is 0. The molecule has 4 aromatic rings. The van der Waals surface area contributed by atoms with Gasteiger partial charge >= 0.3 is 0 Å². The van der Waals surface area contributed by atoms with Crippen molar-refractivity contribution in [1.82, 2.24) is 20.5 Å². The second-order valence-electron chi connectivity index (χ2n) is 6.46. The number of aromatic nitrogens is 3. The number of hydrogen-bond acceptors (Lipinski definition) is 4. The average molecular weight is 375 g/mol. The topological polar surface area (TPSA) is 109 Å². The molecule has 0 saturated carbocycles. The fraction of sp³-hybridized carbons (Fsp3) is 0.143. The molecule has 1 amide bonds. The van der Waals surface area contributed by atoms with Crippen molar-refractivity contribution in [3.63, 3.8) is 0 Å². The molecule has 4 rings (SSSR count). The molecule has 0 fully saturated rings. The number of nitrogens with two attached hydrogens (primary N) is 1. The van der Waals surface area contributed by atoms with Crippen LogP contribution < -0.4 is 15.8 Å². The molecule has 2 aromatic carbocycles. The molecule has 0 spiro atoms. The van der Waals surface area contributed by atoms with Crippen molar-refractivity contribution in [3.05, 3.63) is 72.2 Å². The molecule has 7 heteroatoms. The number of nitrogens with one attached hydrogen (secondary N) is 3. The van der Waals surface area contributed by atoms with Crippen LogP contribution in [0.2, 0.25) is 0 Å². The fourth-order valence-corrected chi connectivity index (χ4v) is 3.35. The number of methoxy groups -OCH3 is 1. The Bertz CT molecular complexity index is 1100. The van der Waals surface area contributed by atoms with Crippen LogP contribution in [-0.4, -0.2) is 34.7 Å². The Morgan fingerprint density at radius 2 is 2.11 bits per heavy atom. The first-order valence-electron chi connectivity index (χ1n) is 8.95. The van der Waals surface area contributed by atoms with Crippen LogP contribution in [0.15, 0.2) is 61.1 Å². The molecule has 28 heavy (non-hydrogen) atoms. The van der Waals surface area contributed by atoms with Crippen molar-refractivity contribution in [2.24, 2.45) is 5.73 Å². The highest BCUT2D eigenvalue weighted by Gasteiger charge is 2.18. The number of amides is 1. The van der Waals surface area contributed by atoms with Gasteiger partial charge in [0.2, 0.25) is 0 Å². The maximum absolute atomic E-state index is 13.0. The van der Waals surface area contributed by atoms with E-state index in [2.05, 4.69) is 20.5 Å². The minimum atomic E-state index is -0.318. The summed E-state index contributed by atoms with van der Waals surface area (Å²) in [5.74, 6) is 0.533. The van der Waals surface area contributed by atoms with E-state index in [-0.39, 0.29) is 18.5 Å². The van der Waals surface area contributed by atoms with Crippen LogP contribution in [-0.2, 0) is 0 Å². The van der Waals surface area contributed by atoms with Gasteiger partial charge in [0.15, 0.2) is 0 Å². The number of ether oxygens (including phenoxy) is 1. The number of carbonyl (C=O) groups is 1. The molecule has 0 aliphatic rings. The molecular weight excluding hydrogens is 354 g/mol. The van der Waals surface area contributed by atoms with Crippen LogP contribution in [0, 0.1) is 0 Å². The summed E-state index contributed by atoms with van der Waals surface area (Å²) in [7, 11) is 1.61. The summed E-state index contributed by atoms with van der Waals surface area (Å²) in [4.78, 5) is 16.2. The van der Waals surface area contributed by atoms with Gasteiger partial charge in [-0.1, -0.05) is 24.3 Å². The van der Waals surface area contributed by atoms with E-state index in [9.17, 15) is 4.79 Å². The van der Waals surface area contributed by atoms with Gasteiger partial charge in [-0.3, -0.25) is 9.89 Å². The Morgan fingerprint density at radius 1 is 1.25 bits per heavy atom. The van der Waals surface area contributed by atoms with E-state index < -0.39 is 0 Å². The number of hydrogen-bond donors (Lipinski definition) is 4. The van der Waals surface area contributed by atoms with E-state index in [1.165, 1.54) is 0 Å². The van der Waals surface area contributed by atoms with Crippen LogP contribution in [0.4, 0.5) is 0 Å². The second kappa shape index (κ2) is 7.58. The van der Waals surface area contributed by atoms with E-state index in [0.29, 0.717) is 5.56 Å². The van der Waals surface area contributed by atoms with Crippen molar-refractivity contribution in [3.8, 4) is 16.9 Å². The first-order valence-corrected chi connectivity index (χ1v) is 8.95. The normalized spacial score (nSPS) is 12.1. The van der Waals surface area contributed by atoms with Crippen LogP contribution in [0.5, 0.6) is 5.75 Å². The third-order valence-corrected chi connectivity index (χ3v) is 4.81. The Hall–Kier alpha value is -3.58. The molecule has 0 unspecified atom stereocenters. The number of aromatic amines is 2. The lowest BCUT2D eigenvalue weighted by Gasteiger charge is -2.18. The highest BCUT2D eigenvalue weighted by molar-refractivity contribution is 6.09. The first kappa shape index (κ1) is 17.8. The number of H-pyrrole nitrogens is 2. The Balaban J connectivity index is 1.65. The van der Waals surface area contributed by atoms with Crippen LogP contribution >= 0.6 is 0 Å². The zero-order chi connectivity index (χ0) is 19.5. The summed E-state index contributed by atoms with van der Waals surface area (Å²) in [5.41, 5.74) is 10.1. The predicted octanol–water partition coefficient (Wildman–Crippen LogP) is 3.00. The number of nitrogens with zero attached hydrogens (tertiary/aromatic N) is 1. The van der Waals surface area contributed by atoms with Crippen LogP contribution in [0.25, 0.3) is 22.0 Å². The molecule has 0 aliphatic carbocycles. The van der Waals surface area contributed by atoms with E-state index in [0.717, 1.165) is 33.3 Å². The highest BCUT2D eigenvalue weighted by atomic mass is 16.5. The molecule has 2 heterocycles. The van der Waals surface area contributed by atoms with Crippen molar-refractivity contribution >= 4 is 16.8 Å². The lowest BCUT2D eigenvalue weighted by molar-refractivity contribution is 0.0939. The van der Waals surface area contributed by atoms with Crippen molar-refractivity contribution in [2.45, 2.75) is 6.04 Å². The van der Waals surface area contributed by atoms with Crippen molar-refractivity contribution in [1.29, 1.82) is 0 Å². The van der Waals surface area contributed by atoms with Crippen molar-refractivity contribution < 1.29 is 9.53 Å². The molecule has 0 radical (unpaired) electrons. The lowest BCUT2D eigenvalue weighted by Crippen LogP contribution is -2.33. The zero-order valence-electron chi connectivity index (χ0n) is 15.4. The number of rotatable bonds is 6. The average Bonchev–Trinajstić information content (AvgIpc) is 3.41. The minimum absolute atomic E-state index is 0.190. The Morgan fingerprint density at radius 3 is 2.86 bits per heavy atom. The van der Waals surface area contributed by atoms with Gasteiger partial charge in [0.25, 0.3) is 5.91 Å². The molecule has 0 bridgehead atoms. The number of benzene rings is 2. The Labute approximate surface area is 161 Å². The molecule has 142 valence electrons. The zero-order valence-corrected chi connectivity index (χ0v) is 15.4. The monoisotopic (exact) mass is 375 g/mol. The third kappa shape index (κ3) is 3.23. The number of fused-ring (bicyclic) bond motifs is 1. The summed E-state index contributed by atoms with van der Waals surface area (Å²) in [6, 6.07) is 12.9. The van der Waals surface area contributed by atoms with Gasteiger partial charge in [-0.2, -0.15) is 5.10 Å². The van der Waals surface area contributed by atoms with Gasteiger partial charge in [0.1, 0.15) is 5.75 Å². The molecule has 1 atom stereocenters. The quantitative estimate of drug-likeness (QED) is 0.415. The summed E-state index contributed by atoms with van der Waals surface area (Å²) in [6.07, 6.45) is 5.46. The van der Waals surface area contributed by atoms with Gasteiger partial charge in [-0.15, -0.1) is 0 Å². The predicted molar refractivity (Wildman–Crippen MR) is 108 cm³/mol. The van der Waals surface area contributed by atoms with Crippen LogP contribution in [0.1, 0.15) is 22.0 Å². The van der Waals surface area contributed by atoms with Gasteiger partial charge in [-0.05, 0) is 23.8 Å². The van der Waals surface area contributed by atoms with E-state index in [1.54, 1.807) is 19.4 Å². The highest BCUT2D eigenvalue weighted by Crippen LogP contribution is 2.30. The molecule has 2 aromatic heterocycles. The fourth-order valence-electron chi connectivity index (χ4n) is 3.35. The van der Waals surface area contributed by atoms with Crippen LogP contribution in [0.3, 0.4) is 0 Å². The lowest BCUT2D eigenvalue weighted by atomic mass is 10.0. The molecule has 5 N–H and O–H groups in total. The number of carbonyl (C=O) groups excluding carboxylic acids is 1. The Kier molecular flexibility index (Phi) is 4.82. The minimum Gasteiger partial charge on any atom is -0.497 e. The second-order valence-corrected chi connectivity index (χ2v) is 6.46. The molecule has 7 nitrogen and oxygen atoms in total. The van der Waals surface area contributed by atoms with E-state index in [4.69, 9.17) is 10.5 Å². The smallest absolute Gasteiger partial charge is 0.253 e. The van der Waals surface area contributed by atoms with Crippen molar-refractivity contribution in [2.75, 3.05) is 13.7 Å². The standard InChI is InChI=1S/C21H21N5O2/c1-28-15-5-2-4-13(8-15)19(9-22)26-21(27)17-7-3-6-16-18(12-23-20(16)17)14-10-24-25-11-14/h2-8,10-12,19,23H,9,22H2,1H3,(H,24,25)(H,26,27)/t19-/m1/s1. The summed E-state index contributed by atoms with van der Waals surface area (Å²) in [5, 5.41) is 10.8. The third-order valence-electron chi connectivity index (χ3n) is 4.81. The summed E-state index contributed by atoms with van der Waals surface area (Å²) in [6.45, 7) is 0.278. The molecule has 0 saturated heterocycles. The largest absolute Gasteiger partial charge is 0.497 e. The van der Waals surface area contributed by atoms with Gasteiger partial charge in [-0.25, -0.2) is 0 Å². The molecular formula is C21H21N5O2. The maximum Gasteiger partial charge on any atom is 0.253 e. The van der Waals surface area contributed by atoms with Gasteiger partial charge < -0.3 is 20.8 Å². The SMILES string of the molecule is COc1cccc([C@@H](CN)NC(=O)c2cccc3c(-c4cn[nH]c4)c[nH]c23)c1. The van der Waals surface area contributed by atoms with E-state index in [1.807, 2.05) is 48.8 Å².